The molecule has 0 fully saturated rings. The van der Waals surface area contributed by atoms with Crippen LogP contribution in [-0.2, 0) is 6.42 Å². The summed E-state index contributed by atoms with van der Waals surface area (Å²) in [7, 11) is 0. The van der Waals surface area contributed by atoms with Crippen LogP contribution in [0.2, 0.25) is 0 Å². The Balaban J connectivity index is 2.26. The maximum atomic E-state index is 11.2. The number of amides is 2. The van der Waals surface area contributed by atoms with Crippen molar-refractivity contribution in [2.45, 2.75) is 19.4 Å². The van der Waals surface area contributed by atoms with Crippen molar-refractivity contribution in [2.75, 3.05) is 6.54 Å². The average molecular weight is 208 g/mol. The minimum atomic E-state index is -0.186. The van der Waals surface area contributed by atoms with E-state index in [-0.39, 0.29) is 12.1 Å². The van der Waals surface area contributed by atoms with Gasteiger partial charge in [0.25, 0.3) is 0 Å². The molecule has 2 amide bonds. The Labute approximate surface area is 89.4 Å². The number of urea groups is 1. The van der Waals surface area contributed by atoms with Crippen molar-refractivity contribution in [2.24, 2.45) is 0 Å². The summed E-state index contributed by atoms with van der Waals surface area (Å²) < 4.78 is 5.18. The van der Waals surface area contributed by atoms with Crippen molar-refractivity contribution in [1.29, 1.82) is 0 Å². The van der Waals surface area contributed by atoms with Gasteiger partial charge >= 0.3 is 6.03 Å². The van der Waals surface area contributed by atoms with E-state index in [1.54, 1.807) is 12.3 Å². The number of hydrogen-bond donors (Lipinski definition) is 2. The second-order valence-corrected chi connectivity index (χ2v) is 3.33. The summed E-state index contributed by atoms with van der Waals surface area (Å²) in [5, 5.41) is 5.44. The molecule has 15 heavy (non-hydrogen) atoms. The monoisotopic (exact) mass is 208 g/mol. The smallest absolute Gasteiger partial charge is 0.315 e. The first-order chi connectivity index (χ1) is 7.22. The van der Waals surface area contributed by atoms with E-state index in [2.05, 4.69) is 17.2 Å². The predicted octanol–water partition coefficient (Wildman–Crippen LogP) is 1.70. The van der Waals surface area contributed by atoms with Crippen molar-refractivity contribution in [1.82, 2.24) is 10.6 Å². The quantitative estimate of drug-likeness (QED) is 0.723. The van der Waals surface area contributed by atoms with Gasteiger partial charge in [-0.2, -0.15) is 0 Å². The van der Waals surface area contributed by atoms with E-state index in [1.807, 2.05) is 19.1 Å². The van der Waals surface area contributed by atoms with E-state index >= 15 is 0 Å². The zero-order valence-corrected chi connectivity index (χ0v) is 8.82. The van der Waals surface area contributed by atoms with Gasteiger partial charge in [0.1, 0.15) is 5.76 Å². The molecule has 0 spiro atoms. The maximum Gasteiger partial charge on any atom is 0.315 e. The van der Waals surface area contributed by atoms with Crippen molar-refractivity contribution >= 4 is 6.03 Å². The number of nitrogens with one attached hydrogen (secondary N) is 2. The molecule has 1 atom stereocenters. The lowest BCUT2D eigenvalue weighted by Crippen LogP contribution is -2.41. The van der Waals surface area contributed by atoms with Crippen LogP contribution in [-0.4, -0.2) is 18.6 Å². The second-order valence-electron chi connectivity index (χ2n) is 3.33. The number of carbonyl (C=O) groups excluding carboxylic acids is 1. The number of rotatable bonds is 5. The highest BCUT2D eigenvalue weighted by molar-refractivity contribution is 5.74. The fraction of sp³-hybridized carbons (Fsp3) is 0.364. The number of carbonyl (C=O) groups is 1. The summed E-state index contributed by atoms with van der Waals surface area (Å²) in [5.74, 6) is 0.867. The van der Waals surface area contributed by atoms with Crippen LogP contribution in [0, 0.1) is 0 Å². The van der Waals surface area contributed by atoms with Crippen molar-refractivity contribution in [3.05, 3.63) is 36.8 Å². The van der Waals surface area contributed by atoms with Gasteiger partial charge in [-0.05, 0) is 19.1 Å². The minimum Gasteiger partial charge on any atom is -0.469 e. The zero-order valence-electron chi connectivity index (χ0n) is 8.82. The Kier molecular flexibility index (Phi) is 4.47. The summed E-state index contributed by atoms with van der Waals surface area (Å²) in [4.78, 5) is 11.2. The highest BCUT2D eigenvalue weighted by Gasteiger charge is 2.08. The normalized spacial score (nSPS) is 11.8. The SMILES string of the molecule is C=CCNC(=O)NC(C)Cc1ccco1. The number of furan rings is 1. The summed E-state index contributed by atoms with van der Waals surface area (Å²) in [6.45, 7) is 5.91. The minimum absolute atomic E-state index is 0.0426. The van der Waals surface area contributed by atoms with Crippen molar-refractivity contribution < 1.29 is 9.21 Å². The third-order valence-electron chi connectivity index (χ3n) is 1.87. The van der Waals surface area contributed by atoms with E-state index in [1.165, 1.54) is 0 Å². The molecule has 1 aromatic rings. The molecular formula is C11H16N2O2. The molecule has 1 rings (SSSR count). The second kappa shape index (κ2) is 5.90. The molecule has 1 aromatic heterocycles. The van der Waals surface area contributed by atoms with Crippen LogP contribution in [0.3, 0.4) is 0 Å². The molecule has 4 heteroatoms. The first-order valence-electron chi connectivity index (χ1n) is 4.90. The van der Waals surface area contributed by atoms with Crippen LogP contribution in [0.4, 0.5) is 4.79 Å². The lowest BCUT2D eigenvalue weighted by Gasteiger charge is -2.12. The Hall–Kier alpha value is -1.71. The van der Waals surface area contributed by atoms with E-state index in [0.717, 1.165) is 5.76 Å². The Morgan fingerprint density at radius 2 is 2.53 bits per heavy atom. The van der Waals surface area contributed by atoms with Gasteiger partial charge in [-0.1, -0.05) is 6.08 Å². The van der Waals surface area contributed by atoms with Gasteiger partial charge in [0.05, 0.1) is 6.26 Å². The fourth-order valence-electron chi connectivity index (χ4n) is 1.22. The molecule has 0 bridgehead atoms. The first kappa shape index (κ1) is 11.4. The molecule has 2 N–H and O–H groups in total. The number of hydrogen-bond acceptors (Lipinski definition) is 2. The molecule has 1 heterocycles. The van der Waals surface area contributed by atoms with Crippen LogP contribution < -0.4 is 10.6 Å². The lowest BCUT2D eigenvalue weighted by molar-refractivity contribution is 0.238. The highest BCUT2D eigenvalue weighted by Crippen LogP contribution is 2.03. The molecular weight excluding hydrogens is 192 g/mol. The Bertz CT molecular complexity index is 306. The molecule has 1 unspecified atom stereocenters. The van der Waals surface area contributed by atoms with E-state index in [4.69, 9.17) is 4.42 Å². The predicted molar refractivity (Wildman–Crippen MR) is 58.6 cm³/mol. The topological polar surface area (TPSA) is 54.3 Å². The molecule has 0 aliphatic carbocycles. The average Bonchev–Trinajstić information content (AvgIpc) is 2.67. The third kappa shape index (κ3) is 4.35. The molecule has 0 aliphatic heterocycles. The maximum absolute atomic E-state index is 11.2. The van der Waals surface area contributed by atoms with Gasteiger partial charge in [0.15, 0.2) is 0 Å². The van der Waals surface area contributed by atoms with Crippen molar-refractivity contribution in [3.8, 4) is 0 Å². The Morgan fingerprint density at radius 1 is 1.73 bits per heavy atom. The van der Waals surface area contributed by atoms with E-state index < -0.39 is 0 Å². The molecule has 0 saturated heterocycles. The molecule has 0 radical (unpaired) electrons. The van der Waals surface area contributed by atoms with Crippen LogP contribution in [0.15, 0.2) is 35.5 Å². The molecule has 82 valence electrons. The summed E-state index contributed by atoms with van der Waals surface area (Å²) in [5.41, 5.74) is 0. The molecule has 0 saturated carbocycles. The van der Waals surface area contributed by atoms with Crippen LogP contribution >= 0.6 is 0 Å². The van der Waals surface area contributed by atoms with Gasteiger partial charge in [0, 0.05) is 19.0 Å². The van der Waals surface area contributed by atoms with Gasteiger partial charge < -0.3 is 15.1 Å². The Morgan fingerprint density at radius 3 is 3.13 bits per heavy atom. The zero-order chi connectivity index (χ0) is 11.1. The standard InChI is InChI=1S/C11H16N2O2/c1-3-6-12-11(14)13-9(2)8-10-5-4-7-15-10/h3-5,7,9H,1,6,8H2,2H3,(H2,12,13,14). The summed E-state index contributed by atoms with van der Waals surface area (Å²) in [6, 6.07) is 3.58. The van der Waals surface area contributed by atoms with Gasteiger partial charge in [0.2, 0.25) is 0 Å². The van der Waals surface area contributed by atoms with Crippen molar-refractivity contribution in [3.63, 3.8) is 0 Å². The lowest BCUT2D eigenvalue weighted by atomic mass is 10.2. The van der Waals surface area contributed by atoms with Crippen LogP contribution in [0.1, 0.15) is 12.7 Å². The van der Waals surface area contributed by atoms with Gasteiger partial charge in [-0.15, -0.1) is 6.58 Å². The third-order valence-corrected chi connectivity index (χ3v) is 1.87. The first-order valence-corrected chi connectivity index (χ1v) is 4.90. The van der Waals surface area contributed by atoms with Gasteiger partial charge in [-0.25, -0.2) is 4.79 Å². The molecule has 0 aliphatic rings. The highest BCUT2D eigenvalue weighted by atomic mass is 16.3. The van der Waals surface area contributed by atoms with E-state index in [9.17, 15) is 4.79 Å². The molecule has 4 nitrogen and oxygen atoms in total. The van der Waals surface area contributed by atoms with E-state index in [0.29, 0.717) is 13.0 Å². The van der Waals surface area contributed by atoms with Crippen LogP contribution in [0.25, 0.3) is 0 Å². The van der Waals surface area contributed by atoms with Gasteiger partial charge in [-0.3, -0.25) is 0 Å². The molecule has 0 aromatic carbocycles. The summed E-state index contributed by atoms with van der Waals surface area (Å²) in [6.07, 6.45) is 3.95. The van der Waals surface area contributed by atoms with Crippen LogP contribution in [0.5, 0.6) is 0 Å². The summed E-state index contributed by atoms with van der Waals surface area (Å²) >= 11 is 0. The fourth-order valence-corrected chi connectivity index (χ4v) is 1.22. The largest absolute Gasteiger partial charge is 0.469 e.